The Morgan fingerprint density at radius 3 is 2.24 bits per heavy atom. The number of halogens is 2. The third-order valence-electron chi connectivity index (χ3n) is 5.40. The van der Waals surface area contributed by atoms with Crippen LogP contribution in [0.3, 0.4) is 0 Å². The average molecular weight is 649 g/mol. The van der Waals surface area contributed by atoms with Gasteiger partial charge in [0.25, 0.3) is 11.1 Å². The van der Waals surface area contributed by atoms with Gasteiger partial charge in [0.1, 0.15) is 13.2 Å². The second-order valence-corrected chi connectivity index (χ2v) is 10.3. The molecule has 0 bridgehead atoms. The fraction of sp³-hybridized carbons (Fsp3) is 0.185. The minimum atomic E-state index is -0.384. The Morgan fingerprint density at radius 2 is 1.54 bits per heavy atom. The predicted molar refractivity (Wildman–Crippen MR) is 150 cm³/mol. The molecule has 0 aromatic heterocycles. The third kappa shape index (κ3) is 6.31. The highest BCUT2D eigenvalue weighted by molar-refractivity contribution is 9.13. The number of nitrogens with zero attached hydrogens (tertiary/aromatic N) is 1. The van der Waals surface area contributed by atoms with Crippen LogP contribution in [-0.4, -0.2) is 43.4 Å². The number of carbonyl (C=O) groups excluding carboxylic acids is 2. The summed E-state index contributed by atoms with van der Waals surface area (Å²) in [7, 11) is 3.10. The van der Waals surface area contributed by atoms with E-state index < -0.39 is 0 Å². The Kier molecular flexibility index (Phi) is 9.18. The van der Waals surface area contributed by atoms with Crippen molar-refractivity contribution in [3.05, 3.63) is 85.6 Å². The molecule has 0 aliphatic carbocycles. The maximum atomic E-state index is 13.0. The lowest BCUT2D eigenvalue weighted by molar-refractivity contribution is -0.123. The van der Waals surface area contributed by atoms with Gasteiger partial charge >= 0.3 is 0 Å². The molecule has 2 amide bonds. The standard InChI is InChI=1S/C27H23Br2NO6S/c1-33-19-10-6-7-11-20(19)35-13-12-30-26(31)22(37-27(30)32)15-18-14-21(34-2)25(24(29)23(18)28)36-16-17-8-4-3-5-9-17/h3-11,14-15H,12-13,16H2,1-2H3/b22-15-. The van der Waals surface area contributed by atoms with Gasteiger partial charge in [-0.1, -0.05) is 42.5 Å². The normalized spacial score (nSPS) is 14.3. The summed E-state index contributed by atoms with van der Waals surface area (Å²) in [6.45, 7) is 0.611. The molecule has 7 nitrogen and oxygen atoms in total. The molecule has 0 N–H and O–H groups in total. The number of imide groups is 1. The highest BCUT2D eigenvalue weighted by Crippen LogP contribution is 2.45. The Hall–Kier alpha value is -2.95. The number of para-hydroxylation sites is 2. The van der Waals surface area contributed by atoms with Gasteiger partial charge in [0, 0.05) is 4.47 Å². The van der Waals surface area contributed by atoms with Crippen molar-refractivity contribution in [2.45, 2.75) is 6.61 Å². The maximum Gasteiger partial charge on any atom is 0.293 e. The Bertz CT molecular complexity index is 1330. The summed E-state index contributed by atoms with van der Waals surface area (Å²) in [6, 6.07) is 18.7. The summed E-state index contributed by atoms with van der Waals surface area (Å²) in [5.41, 5.74) is 1.67. The molecule has 1 fully saturated rings. The number of rotatable bonds is 10. The number of thioether (sulfide) groups is 1. The monoisotopic (exact) mass is 647 g/mol. The number of hydrogen-bond acceptors (Lipinski definition) is 7. The molecule has 0 unspecified atom stereocenters. The molecule has 3 aromatic rings. The van der Waals surface area contributed by atoms with Crippen LogP contribution >= 0.6 is 43.6 Å². The van der Waals surface area contributed by atoms with Crippen molar-refractivity contribution in [2.24, 2.45) is 0 Å². The van der Waals surface area contributed by atoms with Crippen LogP contribution in [0.4, 0.5) is 4.79 Å². The van der Waals surface area contributed by atoms with Crippen LogP contribution in [0, 0.1) is 0 Å². The molecule has 1 saturated heterocycles. The average Bonchev–Trinajstić information content (AvgIpc) is 3.18. The molecule has 0 spiro atoms. The van der Waals surface area contributed by atoms with Crippen LogP contribution < -0.4 is 18.9 Å². The summed E-state index contributed by atoms with van der Waals surface area (Å²) >= 11 is 8.04. The predicted octanol–water partition coefficient (Wildman–Crippen LogP) is 6.92. The minimum Gasteiger partial charge on any atom is -0.493 e. The van der Waals surface area contributed by atoms with E-state index in [0.717, 1.165) is 17.3 Å². The van der Waals surface area contributed by atoms with Crippen molar-refractivity contribution < 1.29 is 28.5 Å². The number of methoxy groups -OCH3 is 2. The van der Waals surface area contributed by atoms with Crippen molar-refractivity contribution in [1.29, 1.82) is 0 Å². The fourth-order valence-corrected chi connectivity index (χ4v) is 5.35. The molecule has 0 saturated carbocycles. The van der Waals surface area contributed by atoms with Crippen molar-refractivity contribution in [3.8, 4) is 23.0 Å². The van der Waals surface area contributed by atoms with Gasteiger partial charge in [-0.2, -0.15) is 0 Å². The SMILES string of the molecule is COc1ccccc1OCCN1C(=O)S/C(=C\c2cc(OC)c(OCc3ccccc3)c(Br)c2Br)C1=O. The molecule has 10 heteroatoms. The molecule has 192 valence electrons. The van der Waals surface area contributed by atoms with Gasteiger partial charge in [-0.15, -0.1) is 0 Å². The lowest BCUT2D eigenvalue weighted by Crippen LogP contribution is -2.32. The first-order valence-electron chi connectivity index (χ1n) is 11.2. The minimum absolute atomic E-state index is 0.112. The lowest BCUT2D eigenvalue weighted by Gasteiger charge is -2.16. The first-order chi connectivity index (χ1) is 17.9. The molecular formula is C27H23Br2NO6S. The smallest absolute Gasteiger partial charge is 0.293 e. The van der Waals surface area contributed by atoms with E-state index in [-0.39, 0.29) is 24.3 Å². The Labute approximate surface area is 236 Å². The topological polar surface area (TPSA) is 74.3 Å². The zero-order valence-corrected chi connectivity index (χ0v) is 24.0. The van der Waals surface area contributed by atoms with E-state index >= 15 is 0 Å². The van der Waals surface area contributed by atoms with Crippen LogP contribution in [0.1, 0.15) is 11.1 Å². The van der Waals surface area contributed by atoms with E-state index in [9.17, 15) is 9.59 Å². The third-order valence-corrected chi connectivity index (χ3v) is 8.45. The first-order valence-corrected chi connectivity index (χ1v) is 13.6. The number of amides is 2. The van der Waals surface area contributed by atoms with E-state index in [0.29, 0.717) is 49.0 Å². The maximum absolute atomic E-state index is 13.0. The van der Waals surface area contributed by atoms with E-state index in [1.54, 1.807) is 38.5 Å². The summed E-state index contributed by atoms with van der Waals surface area (Å²) in [5, 5.41) is -0.357. The zero-order valence-electron chi connectivity index (χ0n) is 20.0. The number of benzene rings is 3. The van der Waals surface area contributed by atoms with E-state index in [1.807, 2.05) is 42.5 Å². The van der Waals surface area contributed by atoms with E-state index in [2.05, 4.69) is 31.9 Å². The largest absolute Gasteiger partial charge is 0.493 e. The Balaban J connectivity index is 1.48. The molecule has 0 radical (unpaired) electrons. The summed E-state index contributed by atoms with van der Waals surface area (Å²) < 4.78 is 23.9. The van der Waals surface area contributed by atoms with Crippen LogP contribution in [0.2, 0.25) is 0 Å². The second kappa shape index (κ2) is 12.5. The lowest BCUT2D eigenvalue weighted by atomic mass is 10.1. The number of ether oxygens (including phenoxy) is 4. The Morgan fingerprint density at radius 1 is 0.865 bits per heavy atom. The van der Waals surface area contributed by atoms with Crippen LogP contribution in [-0.2, 0) is 11.4 Å². The molecular weight excluding hydrogens is 626 g/mol. The molecule has 1 aliphatic heterocycles. The first kappa shape index (κ1) is 27.1. The molecule has 1 aliphatic rings. The summed E-state index contributed by atoms with van der Waals surface area (Å²) in [5.74, 6) is 1.75. The van der Waals surface area contributed by atoms with Gasteiger partial charge in [0.05, 0.1) is 30.1 Å². The van der Waals surface area contributed by atoms with Gasteiger partial charge < -0.3 is 18.9 Å². The van der Waals surface area contributed by atoms with Crippen LogP contribution in [0.15, 0.2) is 74.5 Å². The van der Waals surface area contributed by atoms with Crippen LogP contribution in [0.25, 0.3) is 6.08 Å². The number of hydrogen-bond donors (Lipinski definition) is 0. The molecule has 4 rings (SSSR count). The molecule has 0 atom stereocenters. The summed E-state index contributed by atoms with van der Waals surface area (Å²) in [6.07, 6.45) is 1.66. The molecule has 3 aromatic carbocycles. The quantitative estimate of drug-likeness (QED) is 0.221. The fourth-order valence-electron chi connectivity index (χ4n) is 3.54. The van der Waals surface area contributed by atoms with Gasteiger partial charge in [0.2, 0.25) is 0 Å². The van der Waals surface area contributed by atoms with Crippen molar-refractivity contribution in [3.63, 3.8) is 0 Å². The van der Waals surface area contributed by atoms with Crippen molar-refractivity contribution >= 4 is 60.8 Å². The summed E-state index contributed by atoms with van der Waals surface area (Å²) in [4.78, 5) is 27.1. The zero-order chi connectivity index (χ0) is 26.4. The van der Waals surface area contributed by atoms with E-state index in [4.69, 9.17) is 18.9 Å². The molecule has 1 heterocycles. The van der Waals surface area contributed by atoms with Gasteiger partial charge in [-0.25, -0.2) is 0 Å². The van der Waals surface area contributed by atoms with E-state index in [1.165, 1.54) is 4.90 Å². The van der Waals surface area contributed by atoms with Gasteiger partial charge in [-0.3, -0.25) is 14.5 Å². The van der Waals surface area contributed by atoms with Gasteiger partial charge in [-0.05, 0) is 79.0 Å². The number of carbonyl (C=O) groups is 2. The second-order valence-electron chi connectivity index (χ2n) is 7.73. The van der Waals surface area contributed by atoms with Crippen molar-refractivity contribution in [2.75, 3.05) is 27.4 Å². The molecule has 37 heavy (non-hydrogen) atoms. The highest BCUT2D eigenvalue weighted by atomic mass is 79.9. The van der Waals surface area contributed by atoms with Gasteiger partial charge in [0.15, 0.2) is 23.0 Å². The van der Waals surface area contributed by atoms with Crippen LogP contribution in [0.5, 0.6) is 23.0 Å². The highest BCUT2D eigenvalue weighted by Gasteiger charge is 2.35. The van der Waals surface area contributed by atoms with Crippen molar-refractivity contribution in [1.82, 2.24) is 4.90 Å².